The van der Waals surface area contributed by atoms with Crippen molar-refractivity contribution in [2.24, 2.45) is 4.99 Å². The molecule has 1 aromatic carbocycles. The van der Waals surface area contributed by atoms with Gasteiger partial charge in [0.15, 0.2) is 0 Å². The van der Waals surface area contributed by atoms with Gasteiger partial charge in [0.1, 0.15) is 10.8 Å². The fraction of sp³-hybridized carbons (Fsp3) is 0.231. The van der Waals surface area contributed by atoms with Crippen molar-refractivity contribution < 1.29 is 15.0 Å². The van der Waals surface area contributed by atoms with Crippen molar-refractivity contribution in [1.29, 1.82) is 0 Å². The van der Waals surface area contributed by atoms with Crippen LogP contribution in [0.25, 0.3) is 6.08 Å². The lowest BCUT2D eigenvalue weighted by atomic mass is 10.1. The van der Waals surface area contributed by atoms with E-state index in [1.165, 1.54) is 11.8 Å². The zero-order valence-corrected chi connectivity index (χ0v) is 10.7. The Morgan fingerprint density at radius 1 is 1.50 bits per heavy atom. The molecular formula is C13H13NO3S. The number of hydrogen-bond acceptors (Lipinski definition) is 4. The molecule has 2 N–H and O–H groups in total. The number of thioether (sulfide) groups is 1. The number of benzene rings is 1. The topological polar surface area (TPSA) is 69.9 Å². The molecule has 5 heteroatoms. The summed E-state index contributed by atoms with van der Waals surface area (Å²) in [5.74, 6) is 0.0267. The monoisotopic (exact) mass is 263 g/mol. The Morgan fingerprint density at radius 2 is 2.28 bits per heavy atom. The van der Waals surface area contributed by atoms with Crippen molar-refractivity contribution in [2.75, 3.05) is 12.3 Å². The normalized spacial score (nSPS) is 15.6. The first-order chi connectivity index (χ1) is 8.58. The van der Waals surface area contributed by atoms with Gasteiger partial charge in [-0.3, -0.25) is 4.99 Å². The summed E-state index contributed by atoms with van der Waals surface area (Å²) in [5, 5.41) is 19.1. The number of phenols is 1. The fourth-order valence-corrected chi connectivity index (χ4v) is 2.55. The van der Waals surface area contributed by atoms with Crippen LogP contribution in [0.1, 0.15) is 11.1 Å². The average Bonchev–Trinajstić information content (AvgIpc) is 2.80. The number of carboxylic acids is 1. The van der Waals surface area contributed by atoms with E-state index in [1.54, 1.807) is 24.3 Å². The van der Waals surface area contributed by atoms with Gasteiger partial charge in [0, 0.05) is 12.3 Å². The van der Waals surface area contributed by atoms with Gasteiger partial charge in [0.25, 0.3) is 0 Å². The van der Waals surface area contributed by atoms with Gasteiger partial charge in [-0.05, 0) is 36.3 Å². The van der Waals surface area contributed by atoms with E-state index >= 15 is 0 Å². The smallest absolute Gasteiger partial charge is 0.338 e. The molecule has 0 atom stereocenters. The van der Waals surface area contributed by atoms with Crippen molar-refractivity contribution in [3.8, 4) is 5.75 Å². The van der Waals surface area contributed by atoms with Gasteiger partial charge < -0.3 is 10.2 Å². The van der Waals surface area contributed by atoms with E-state index in [1.807, 2.05) is 6.92 Å². The Bertz CT molecular complexity index is 549. The second kappa shape index (κ2) is 5.27. The number of aryl methyl sites for hydroxylation is 1. The van der Waals surface area contributed by atoms with Gasteiger partial charge in [-0.15, -0.1) is 11.8 Å². The van der Waals surface area contributed by atoms with Gasteiger partial charge in [-0.25, -0.2) is 4.79 Å². The van der Waals surface area contributed by atoms with Gasteiger partial charge in [-0.2, -0.15) is 0 Å². The third kappa shape index (κ3) is 2.73. The molecule has 1 aromatic rings. The van der Waals surface area contributed by atoms with Gasteiger partial charge >= 0.3 is 5.97 Å². The number of phenolic OH excluding ortho intramolecular Hbond substituents is 1. The highest BCUT2D eigenvalue weighted by Gasteiger charge is 2.19. The second-order valence-corrected chi connectivity index (χ2v) is 5.02. The molecule has 0 radical (unpaired) electrons. The first-order valence-corrected chi connectivity index (χ1v) is 6.48. The number of aliphatic imine (C=N–C) groups is 1. The predicted molar refractivity (Wildman–Crippen MR) is 73.2 cm³/mol. The Morgan fingerprint density at radius 3 is 2.83 bits per heavy atom. The van der Waals surface area contributed by atoms with Crippen LogP contribution in [0.4, 0.5) is 0 Å². The molecule has 1 heterocycles. The van der Waals surface area contributed by atoms with Crippen LogP contribution in [0.3, 0.4) is 0 Å². The summed E-state index contributed by atoms with van der Waals surface area (Å²) in [4.78, 5) is 15.4. The SMILES string of the molecule is Cc1cc(O)ccc1/C=C(\C(=O)O)C1=NCCS1. The Hall–Kier alpha value is -1.75. The second-order valence-electron chi connectivity index (χ2n) is 3.94. The largest absolute Gasteiger partial charge is 0.508 e. The molecule has 0 amide bonds. The van der Waals surface area contributed by atoms with Crippen LogP contribution in [-0.4, -0.2) is 33.5 Å². The summed E-state index contributed by atoms with van der Waals surface area (Å²) in [6.45, 7) is 2.49. The molecule has 0 unspecified atom stereocenters. The molecule has 0 aromatic heterocycles. The number of aliphatic carboxylic acids is 1. The summed E-state index contributed by atoms with van der Waals surface area (Å²) in [6, 6.07) is 4.85. The average molecular weight is 263 g/mol. The van der Waals surface area contributed by atoms with Crippen LogP contribution < -0.4 is 0 Å². The maximum atomic E-state index is 11.3. The zero-order chi connectivity index (χ0) is 13.1. The molecule has 1 aliphatic heterocycles. The lowest BCUT2D eigenvalue weighted by molar-refractivity contribution is -0.131. The van der Waals surface area contributed by atoms with Crippen molar-refractivity contribution in [1.82, 2.24) is 0 Å². The highest BCUT2D eigenvalue weighted by molar-refractivity contribution is 8.14. The van der Waals surface area contributed by atoms with Crippen LogP contribution in [0.15, 0.2) is 28.8 Å². The molecule has 4 nitrogen and oxygen atoms in total. The molecule has 2 rings (SSSR count). The molecule has 0 fully saturated rings. The highest BCUT2D eigenvalue weighted by Crippen LogP contribution is 2.23. The minimum Gasteiger partial charge on any atom is -0.508 e. The van der Waals surface area contributed by atoms with Crippen LogP contribution in [0.2, 0.25) is 0 Å². The first-order valence-electron chi connectivity index (χ1n) is 5.50. The van der Waals surface area contributed by atoms with Gasteiger partial charge in [0.05, 0.1) is 5.57 Å². The van der Waals surface area contributed by atoms with Crippen LogP contribution in [-0.2, 0) is 4.79 Å². The summed E-state index contributed by atoms with van der Waals surface area (Å²) in [7, 11) is 0. The van der Waals surface area contributed by atoms with Gasteiger partial charge in [-0.1, -0.05) is 6.07 Å². The highest BCUT2D eigenvalue weighted by atomic mass is 32.2. The molecule has 1 aliphatic rings. The number of hydrogen-bond donors (Lipinski definition) is 2. The maximum absolute atomic E-state index is 11.3. The standard InChI is InChI=1S/C13H13NO3S/c1-8-6-10(15)3-2-9(8)7-11(13(16)17)12-14-4-5-18-12/h2-3,6-7,15H,4-5H2,1H3,(H,16,17)/b11-7-. The van der Waals surface area contributed by atoms with Crippen molar-refractivity contribution in [2.45, 2.75) is 6.92 Å². The maximum Gasteiger partial charge on any atom is 0.338 e. The molecule has 0 bridgehead atoms. The Balaban J connectivity index is 2.41. The molecule has 0 aliphatic carbocycles. The number of carbonyl (C=O) groups is 1. The molecule has 0 spiro atoms. The summed E-state index contributed by atoms with van der Waals surface area (Å²) < 4.78 is 0. The Labute approximate surface area is 109 Å². The van der Waals surface area contributed by atoms with Crippen LogP contribution in [0, 0.1) is 6.92 Å². The van der Waals surface area contributed by atoms with E-state index in [2.05, 4.69) is 4.99 Å². The van der Waals surface area contributed by atoms with Crippen molar-refractivity contribution >= 4 is 28.9 Å². The summed E-state index contributed by atoms with van der Waals surface area (Å²) in [6.07, 6.45) is 1.61. The zero-order valence-electron chi connectivity index (χ0n) is 9.88. The molecule has 0 saturated carbocycles. The van der Waals surface area contributed by atoms with E-state index in [9.17, 15) is 15.0 Å². The summed E-state index contributed by atoms with van der Waals surface area (Å²) >= 11 is 1.46. The number of rotatable bonds is 3. The van der Waals surface area contributed by atoms with E-state index in [-0.39, 0.29) is 11.3 Å². The van der Waals surface area contributed by atoms with Crippen LogP contribution >= 0.6 is 11.8 Å². The lowest BCUT2D eigenvalue weighted by Crippen LogP contribution is -2.08. The van der Waals surface area contributed by atoms with E-state index in [0.717, 1.165) is 16.9 Å². The third-order valence-electron chi connectivity index (χ3n) is 2.60. The van der Waals surface area contributed by atoms with Crippen molar-refractivity contribution in [3.63, 3.8) is 0 Å². The fourth-order valence-electron chi connectivity index (χ4n) is 1.69. The lowest BCUT2D eigenvalue weighted by Gasteiger charge is -2.04. The van der Waals surface area contributed by atoms with E-state index < -0.39 is 5.97 Å². The minimum atomic E-state index is -0.976. The van der Waals surface area contributed by atoms with Gasteiger partial charge in [0.2, 0.25) is 0 Å². The third-order valence-corrected chi connectivity index (χ3v) is 3.61. The predicted octanol–water partition coefficient (Wildman–Crippen LogP) is 2.31. The quantitative estimate of drug-likeness (QED) is 0.821. The molecular weight excluding hydrogens is 250 g/mol. The number of aromatic hydroxyl groups is 1. The molecule has 0 saturated heterocycles. The molecule has 18 heavy (non-hydrogen) atoms. The first kappa shape index (κ1) is 12.7. The van der Waals surface area contributed by atoms with E-state index in [4.69, 9.17) is 0 Å². The molecule has 94 valence electrons. The minimum absolute atomic E-state index is 0.175. The Kier molecular flexibility index (Phi) is 3.72. The van der Waals surface area contributed by atoms with Crippen molar-refractivity contribution in [3.05, 3.63) is 34.9 Å². The summed E-state index contributed by atoms with van der Waals surface area (Å²) in [5.41, 5.74) is 1.82. The number of nitrogens with zero attached hydrogens (tertiary/aromatic N) is 1. The van der Waals surface area contributed by atoms with Crippen LogP contribution in [0.5, 0.6) is 5.75 Å². The number of carboxylic acid groups (broad SMARTS) is 1. The van der Waals surface area contributed by atoms with E-state index in [0.29, 0.717) is 11.6 Å².